The van der Waals surface area contributed by atoms with Crippen molar-refractivity contribution in [2.24, 2.45) is 17.6 Å². The molecule has 3 atom stereocenters. The number of hydrogen-bond donors (Lipinski definition) is 2. The van der Waals surface area contributed by atoms with Crippen molar-refractivity contribution in [2.75, 3.05) is 19.8 Å². The monoisotopic (exact) mass is 539 g/mol. The largest absolute Gasteiger partial charge is 0.513 e. The first-order valence-corrected chi connectivity index (χ1v) is 13.0. The molecule has 11 heteroatoms. The lowest BCUT2D eigenvalue weighted by molar-refractivity contribution is -0.146. The Hall–Kier alpha value is -3.34. The number of carboxylic acids is 1. The van der Waals surface area contributed by atoms with Crippen molar-refractivity contribution in [1.29, 1.82) is 0 Å². The van der Waals surface area contributed by atoms with Crippen LogP contribution >= 0.6 is 0 Å². The van der Waals surface area contributed by atoms with Crippen LogP contribution in [0.25, 0.3) is 0 Å². The van der Waals surface area contributed by atoms with Crippen LogP contribution in [0.1, 0.15) is 78.2 Å². The molecule has 0 saturated heterocycles. The van der Waals surface area contributed by atoms with Gasteiger partial charge in [0.05, 0.1) is 19.8 Å². The number of esters is 1. The fraction of sp³-hybridized carbons (Fsp3) is 0.630. The number of carbonyl (C=O) groups is 4. The summed E-state index contributed by atoms with van der Waals surface area (Å²) in [5.41, 5.74) is 6.39. The number of unbranched alkanes of at least 4 members (excludes halogenated alkanes) is 2. The lowest BCUT2D eigenvalue weighted by Crippen LogP contribution is -2.40. The molecule has 0 bridgehead atoms. The second-order valence-corrected chi connectivity index (χ2v) is 9.46. The first-order valence-electron chi connectivity index (χ1n) is 13.0. The molecule has 1 aromatic rings. The van der Waals surface area contributed by atoms with Gasteiger partial charge in [-0.3, -0.25) is 9.59 Å². The van der Waals surface area contributed by atoms with Gasteiger partial charge in [0.1, 0.15) is 6.04 Å². The Kier molecular flexibility index (Phi) is 14.8. The Morgan fingerprint density at radius 2 is 1.42 bits per heavy atom. The third-order valence-electron chi connectivity index (χ3n) is 5.54. The smallest absolute Gasteiger partial charge is 0.480 e. The topological polar surface area (TPSA) is 161 Å². The first-order chi connectivity index (χ1) is 18.0. The number of aliphatic carboxylic acids is 1. The molecule has 2 unspecified atom stereocenters. The zero-order valence-corrected chi connectivity index (χ0v) is 22.9. The third-order valence-corrected chi connectivity index (χ3v) is 5.54. The zero-order chi connectivity index (χ0) is 28.7. The number of ether oxygens (including phenoxy) is 5. The third kappa shape index (κ3) is 11.8. The summed E-state index contributed by atoms with van der Waals surface area (Å²) in [5, 5.41) is 9.65. The van der Waals surface area contributed by atoms with Crippen LogP contribution < -0.4 is 15.2 Å². The fourth-order valence-corrected chi connectivity index (χ4v) is 3.50. The molecule has 1 rings (SSSR count). The number of rotatable bonds is 16. The number of carbonyl (C=O) groups excluding carboxylic acids is 3. The van der Waals surface area contributed by atoms with Gasteiger partial charge in [-0.2, -0.15) is 0 Å². The summed E-state index contributed by atoms with van der Waals surface area (Å²) < 4.78 is 25.9. The molecule has 0 spiro atoms. The van der Waals surface area contributed by atoms with Crippen LogP contribution in [0.15, 0.2) is 18.2 Å². The van der Waals surface area contributed by atoms with Gasteiger partial charge in [-0.25, -0.2) is 9.59 Å². The molecule has 0 fully saturated rings. The standard InChI is InChI=1S/C27H41NO10/c1-6-8-12-34-26(32)37-20-11-10-19(15-21(20)38-27(33)35-13-9-7-2)23(24(28)25(30)31)18(5)16-36-22(29)14-17(3)4/h10-11,15,17-18,23-24H,6-9,12-14,16,28H2,1-5H3,(H,30,31)/t18?,23?,24-/m0/s1. The zero-order valence-electron chi connectivity index (χ0n) is 22.9. The van der Waals surface area contributed by atoms with E-state index in [-0.39, 0.29) is 43.7 Å². The minimum atomic E-state index is -1.37. The molecule has 3 N–H and O–H groups in total. The second-order valence-electron chi connectivity index (χ2n) is 9.46. The van der Waals surface area contributed by atoms with Crippen LogP contribution in [0, 0.1) is 11.8 Å². The molecule has 0 saturated carbocycles. The van der Waals surface area contributed by atoms with Gasteiger partial charge >= 0.3 is 24.2 Å². The van der Waals surface area contributed by atoms with E-state index in [0.717, 1.165) is 12.8 Å². The predicted octanol–water partition coefficient (Wildman–Crippen LogP) is 5.04. The highest BCUT2D eigenvalue weighted by Crippen LogP contribution is 2.36. The van der Waals surface area contributed by atoms with Gasteiger partial charge in [0, 0.05) is 12.3 Å². The summed E-state index contributed by atoms with van der Waals surface area (Å²) >= 11 is 0. The van der Waals surface area contributed by atoms with Gasteiger partial charge in [0.15, 0.2) is 11.5 Å². The fourth-order valence-electron chi connectivity index (χ4n) is 3.50. The summed E-state index contributed by atoms with van der Waals surface area (Å²) in [6.45, 7) is 9.55. The molecule has 0 aromatic heterocycles. The van der Waals surface area contributed by atoms with Crippen molar-refractivity contribution in [1.82, 2.24) is 0 Å². The molecule has 214 valence electrons. The minimum absolute atomic E-state index is 0.0749. The molecule has 0 radical (unpaired) electrons. The maximum atomic E-state index is 12.3. The van der Waals surface area contributed by atoms with Gasteiger partial charge in [0.25, 0.3) is 0 Å². The maximum absolute atomic E-state index is 12.3. The van der Waals surface area contributed by atoms with E-state index in [4.69, 9.17) is 29.4 Å². The average Bonchev–Trinajstić information content (AvgIpc) is 2.84. The summed E-state index contributed by atoms with van der Waals surface area (Å²) in [6.07, 6.45) is 1.11. The number of hydrogen-bond acceptors (Lipinski definition) is 10. The quantitative estimate of drug-likeness (QED) is 0.125. The van der Waals surface area contributed by atoms with Gasteiger partial charge in [-0.05, 0) is 42.4 Å². The van der Waals surface area contributed by atoms with Crippen molar-refractivity contribution in [3.8, 4) is 11.5 Å². The molecule has 0 amide bonds. The highest BCUT2D eigenvalue weighted by Gasteiger charge is 2.33. The highest BCUT2D eigenvalue weighted by atomic mass is 16.7. The normalized spacial score (nSPS) is 13.2. The molecular formula is C27H41NO10. The SMILES string of the molecule is CCCCOC(=O)Oc1ccc(C(C(C)COC(=O)CC(C)C)[C@H](N)C(=O)O)cc1OC(=O)OCCCC. The van der Waals surface area contributed by atoms with Gasteiger partial charge in [-0.1, -0.05) is 53.5 Å². The van der Waals surface area contributed by atoms with E-state index in [0.29, 0.717) is 18.4 Å². The lowest BCUT2D eigenvalue weighted by atomic mass is 9.82. The van der Waals surface area contributed by atoms with E-state index in [9.17, 15) is 24.3 Å². The first kappa shape index (κ1) is 32.7. The Balaban J connectivity index is 3.27. The summed E-state index contributed by atoms with van der Waals surface area (Å²) in [4.78, 5) is 48.3. The Morgan fingerprint density at radius 3 is 1.92 bits per heavy atom. The maximum Gasteiger partial charge on any atom is 0.513 e. The highest BCUT2D eigenvalue weighted by molar-refractivity contribution is 5.75. The number of nitrogens with two attached hydrogens (primary N) is 1. The van der Waals surface area contributed by atoms with E-state index < -0.39 is 42.1 Å². The van der Waals surface area contributed by atoms with Gasteiger partial charge < -0.3 is 34.5 Å². The van der Waals surface area contributed by atoms with E-state index >= 15 is 0 Å². The molecule has 0 aliphatic carbocycles. The van der Waals surface area contributed by atoms with Crippen molar-refractivity contribution < 1.29 is 48.0 Å². The van der Waals surface area contributed by atoms with Crippen LogP contribution in [0.4, 0.5) is 9.59 Å². The van der Waals surface area contributed by atoms with Crippen LogP contribution in [-0.2, 0) is 23.8 Å². The molecule has 0 aliphatic heterocycles. The van der Waals surface area contributed by atoms with Gasteiger partial charge in [-0.15, -0.1) is 0 Å². The van der Waals surface area contributed by atoms with Crippen LogP contribution in [0.3, 0.4) is 0 Å². The molecule has 11 nitrogen and oxygen atoms in total. The van der Waals surface area contributed by atoms with Crippen molar-refractivity contribution in [2.45, 2.75) is 78.7 Å². The second kappa shape index (κ2) is 17.2. The Morgan fingerprint density at radius 1 is 0.868 bits per heavy atom. The van der Waals surface area contributed by atoms with Crippen molar-refractivity contribution in [3.05, 3.63) is 23.8 Å². The molecule has 1 aromatic carbocycles. The summed E-state index contributed by atoms with van der Waals surface area (Å²) in [6, 6.07) is 2.84. The molecule has 0 heterocycles. The van der Waals surface area contributed by atoms with E-state index in [2.05, 4.69) is 0 Å². The molecule has 0 aliphatic rings. The summed E-state index contributed by atoms with van der Waals surface area (Å²) in [7, 11) is 0. The minimum Gasteiger partial charge on any atom is -0.480 e. The van der Waals surface area contributed by atoms with Crippen LogP contribution in [0.5, 0.6) is 11.5 Å². The van der Waals surface area contributed by atoms with Crippen molar-refractivity contribution in [3.63, 3.8) is 0 Å². The molecule has 38 heavy (non-hydrogen) atoms. The molecular weight excluding hydrogens is 498 g/mol. The van der Waals surface area contributed by atoms with Crippen molar-refractivity contribution >= 4 is 24.2 Å². The summed E-state index contributed by atoms with van der Waals surface area (Å²) in [5.74, 6) is -3.23. The van der Waals surface area contributed by atoms with Crippen LogP contribution in [-0.4, -0.2) is 55.2 Å². The Bertz CT molecular complexity index is 917. The number of carboxylic acid groups (broad SMARTS) is 1. The predicted molar refractivity (Wildman–Crippen MR) is 138 cm³/mol. The Labute approximate surface area is 223 Å². The lowest BCUT2D eigenvalue weighted by Gasteiger charge is -2.28. The van der Waals surface area contributed by atoms with Gasteiger partial charge in [0.2, 0.25) is 0 Å². The number of benzene rings is 1. The van der Waals surface area contributed by atoms with E-state index in [1.807, 2.05) is 27.7 Å². The van der Waals surface area contributed by atoms with E-state index in [1.54, 1.807) is 6.92 Å². The average molecular weight is 540 g/mol. The van der Waals surface area contributed by atoms with E-state index in [1.165, 1.54) is 18.2 Å². The van der Waals surface area contributed by atoms with Crippen LogP contribution in [0.2, 0.25) is 0 Å².